The third-order valence-corrected chi connectivity index (χ3v) is 4.01. The molecule has 100 valence electrons. The third kappa shape index (κ3) is 3.33. The summed E-state index contributed by atoms with van der Waals surface area (Å²) in [5.41, 5.74) is 1.44. The van der Waals surface area contributed by atoms with Gasteiger partial charge >= 0.3 is 0 Å². The molecule has 0 spiro atoms. The highest BCUT2D eigenvalue weighted by Gasteiger charge is 2.25. The maximum Gasteiger partial charge on any atom is 0.0700 e. The maximum absolute atomic E-state index is 5.60. The Morgan fingerprint density at radius 3 is 2.56 bits per heavy atom. The zero-order chi connectivity index (χ0) is 13.0. The van der Waals surface area contributed by atoms with Gasteiger partial charge in [-0.15, -0.1) is 0 Å². The van der Waals surface area contributed by atoms with Crippen LogP contribution in [0.4, 0.5) is 0 Å². The van der Waals surface area contributed by atoms with Crippen LogP contribution in [0.15, 0.2) is 30.3 Å². The quantitative estimate of drug-likeness (QED) is 0.863. The maximum atomic E-state index is 5.60. The second kappa shape index (κ2) is 6.35. The molecule has 2 nitrogen and oxygen atoms in total. The predicted octanol–water partition coefficient (Wildman–Crippen LogP) is 3.19. The van der Waals surface area contributed by atoms with E-state index in [0.717, 1.165) is 19.6 Å². The van der Waals surface area contributed by atoms with Crippen LogP contribution in [-0.2, 0) is 4.74 Å². The van der Waals surface area contributed by atoms with Crippen molar-refractivity contribution in [3.63, 3.8) is 0 Å². The first-order valence-electron chi connectivity index (χ1n) is 7.08. The third-order valence-electron chi connectivity index (χ3n) is 4.01. The van der Waals surface area contributed by atoms with Gasteiger partial charge in [-0.3, -0.25) is 0 Å². The lowest BCUT2D eigenvalue weighted by molar-refractivity contribution is 0.112. The van der Waals surface area contributed by atoms with Crippen LogP contribution >= 0.6 is 0 Å². The Morgan fingerprint density at radius 2 is 2.00 bits per heavy atom. The van der Waals surface area contributed by atoms with Gasteiger partial charge in [0.1, 0.15) is 0 Å². The molecule has 1 aromatic rings. The summed E-state index contributed by atoms with van der Waals surface area (Å²) >= 11 is 0. The van der Waals surface area contributed by atoms with Crippen molar-refractivity contribution in [2.24, 2.45) is 5.92 Å². The SMILES string of the molecule is CC(C)C(CNC1CCOC1C)c1ccccc1. The number of hydrogen-bond donors (Lipinski definition) is 1. The second-order valence-electron chi connectivity index (χ2n) is 5.64. The molecule has 0 saturated carbocycles. The van der Waals surface area contributed by atoms with Gasteiger partial charge in [-0.2, -0.15) is 0 Å². The smallest absolute Gasteiger partial charge is 0.0700 e. The van der Waals surface area contributed by atoms with Crippen LogP contribution in [0.2, 0.25) is 0 Å². The normalized spacial score (nSPS) is 25.6. The molecule has 1 fully saturated rings. The summed E-state index contributed by atoms with van der Waals surface area (Å²) in [4.78, 5) is 0. The second-order valence-corrected chi connectivity index (χ2v) is 5.64. The highest BCUT2D eigenvalue weighted by molar-refractivity contribution is 5.20. The Labute approximate surface area is 111 Å². The largest absolute Gasteiger partial charge is 0.377 e. The zero-order valence-electron chi connectivity index (χ0n) is 11.7. The highest BCUT2D eigenvalue weighted by atomic mass is 16.5. The van der Waals surface area contributed by atoms with E-state index in [0.29, 0.717) is 24.0 Å². The molecule has 0 bridgehead atoms. The van der Waals surface area contributed by atoms with E-state index in [-0.39, 0.29) is 0 Å². The van der Waals surface area contributed by atoms with Crippen LogP contribution in [0.25, 0.3) is 0 Å². The van der Waals surface area contributed by atoms with Gasteiger partial charge in [0.15, 0.2) is 0 Å². The topological polar surface area (TPSA) is 21.3 Å². The summed E-state index contributed by atoms with van der Waals surface area (Å²) in [6, 6.07) is 11.3. The average Bonchev–Trinajstić information content (AvgIpc) is 2.76. The molecular formula is C16H25NO. The average molecular weight is 247 g/mol. The molecule has 1 N–H and O–H groups in total. The monoisotopic (exact) mass is 247 g/mol. The summed E-state index contributed by atoms with van der Waals surface area (Å²) in [6.07, 6.45) is 1.49. The van der Waals surface area contributed by atoms with E-state index in [1.807, 2.05) is 0 Å². The van der Waals surface area contributed by atoms with Gasteiger partial charge in [0.05, 0.1) is 6.10 Å². The molecule has 0 amide bonds. The van der Waals surface area contributed by atoms with Crippen LogP contribution in [0.3, 0.4) is 0 Å². The first kappa shape index (κ1) is 13.6. The Kier molecular flexibility index (Phi) is 4.79. The minimum absolute atomic E-state index is 0.355. The Morgan fingerprint density at radius 1 is 1.28 bits per heavy atom. The van der Waals surface area contributed by atoms with Gasteiger partial charge in [-0.1, -0.05) is 44.2 Å². The van der Waals surface area contributed by atoms with E-state index in [2.05, 4.69) is 56.4 Å². The summed E-state index contributed by atoms with van der Waals surface area (Å²) in [7, 11) is 0. The highest BCUT2D eigenvalue weighted by Crippen LogP contribution is 2.24. The van der Waals surface area contributed by atoms with Gasteiger partial charge < -0.3 is 10.1 Å². The van der Waals surface area contributed by atoms with Crippen LogP contribution in [0.1, 0.15) is 38.7 Å². The molecule has 1 aliphatic heterocycles. The molecule has 1 heterocycles. The number of rotatable bonds is 5. The molecule has 18 heavy (non-hydrogen) atoms. The van der Waals surface area contributed by atoms with E-state index in [1.165, 1.54) is 5.56 Å². The molecule has 0 radical (unpaired) electrons. The van der Waals surface area contributed by atoms with E-state index in [1.54, 1.807) is 0 Å². The summed E-state index contributed by atoms with van der Waals surface area (Å²) < 4.78 is 5.60. The van der Waals surface area contributed by atoms with Crippen molar-refractivity contribution < 1.29 is 4.74 Å². The van der Waals surface area contributed by atoms with Gasteiger partial charge in [-0.05, 0) is 30.7 Å². The summed E-state index contributed by atoms with van der Waals surface area (Å²) in [6.45, 7) is 8.70. The van der Waals surface area contributed by atoms with E-state index in [9.17, 15) is 0 Å². The van der Waals surface area contributed by atoms with Crippen LogP contribution < -0.4 is 5.32 Å². The molecule has 3 unspecified atom stereocenters. The number of ether oxygens (including phenoxy) is 1. The molecule has 2 rings (SSSR count). The Balaban J connectivity index is 1.95. The van der Waals surface area contributed by atoms with Crippen molar-refractivity contribution in [1.82, 2.24) is 5.32 Å². The number of nitrogens with one attached hydrogen (secondary N) is 1. The van der Waals surface area contributed by atoms with Crippen molar-refractivity contribution in [3.05, 3.63) is 35.9 Å². The lowest BCUT2D eigenvalue weighted by atomic mass is 9.88. The Hall–Kier alpha value is -0.860. The summed E-state index contributed by atoms with van der Waals surface area (Å²) in [5, 5.41) is 3.69. The fraction of sp³-hybridized carbons (Fsp3) is 0.625. The van der Waals surface area contributed by atoms with Crippen LogP contribution in [0, 0.1) is 5.92 Å². The van der Waals surface area contributed by atoms with Gasteiger partial charge in [0, 0.05) is 19.2 Å². The molecular weight excluding hydrogens is 222 g/mol. The lowest BCUT2D eigenvalue weighted by Crippen LogP contribution is -2.38. The van der Waals surface area contributed by atoms with E-state index < -0.39 is 0 Å². The van der Waals surface area contributed by atoms with Crippen molar-refractivity contribution in [2.45, 2.75) is 45.3 Å². The standard InChI is InChI=1S/C16H25NO/c1-12(2)15(14-7-5-4-6-8-14)11-17-16-9-10-18-13(16)3/h4-8,12-13,15-17H,9-11H2,1-3H3. The molecule has 1 saturated heterocycles. The number of benzene rings is 1. The Bertz CT molecular complexity index is 349. The van der Waals surface area contributed by atoms with Crippen LogP contribution in [0.5, 0.6) is 0 Å². The van der Waals surface area contributed by atoms with Crippen molar-refractivity contribution in [2.75, 3.05) is 13.2 Å². The molecule has 3 atom stereocenters. The molecule has 0 aliphatic carbocycles. The summed E-state index contributed by atoms with van der Waals surface area (Å²) in [5.74, 6) is 1.23. The van der Waals surface area contributed by atoms with Gasteiger partial charge in [0.25, 0.3) is 0 Å². The minimum atomic E-state index is 0.355. The predicted molar refractivity (Wildman–Crippen MR) is 75.8 cm³/mol. The first-order valence-corrected chi connectivity index (χ1v) is 7.08. The van der Waals surface area contributed by atoms with E-state index >= 15 is 0 Å². The van der Waals surface area contributed by atoms with Crippen molar-refractivity contribution in [3.8, 4) is 0 Å². The minimum Gasteiger partial charge on any atom is -0.377 e. The molecule has 1 aliphatic rings. The van der Waals surface area contributed by atoms with Crippen molar-refractivity contribution >= 4 is 0 Å². The van der Waals surface area contributed by atoms with E-state index in [4.69, 9.17) is 4.74 Å². The fourth-order valence-electron chi connectivity index (χ4n) is 2.72. The molecule has 0 aromatic heterocycles. The first-order chi connectivity index (χ1) is 8.68. The van der Waals surface area contributed by atoms with Crippen molar-refractivity contribution in [1.29, 1.82) is 0 Å². The van der Waals surface area contributed by atoms with Gasteiger partial charge in [-0.25, -0.2) is 0 Å². The fourth-order valence-corrected chi connectivity index (χ4v) is 2.72. The lowest BCUT2D eigenvalue weighted by Gasteiger charge is -2.25. The molecule has 1 aromatic carbocycles. The number of hydrogen-bond acceptors (Lipinski definition) is 2. The zero-order valence-corrected chi connectivity index (χ0v) is 11.7. The van der Waals surface area contributed by atoms with Gasteiger partial charge in [0.2, 0.25) is 0 Å². The molecule has 2 heteroatoms. The van der Waals surface area contributed by atoms with Crippen LogP contribution in [-0.4, -0.2) is 25.3 Å².